The molecule has 0 radical (unpaired) electrons. The third-order valence-corrected chi connectivity index (χ3v) is 4.65. The van der Waals surface area contributed by atoms with Crippen LogP contribution in [0.1, 0.15) is 25.8 Å². The third kappa shape index (κ3) is 6.05. The number of nitrogens with zero attached hydrogens (tertiary/aromatic N) is 4. The Balaban J connectivity index is 1.87. The number of hydrogen-bond acceptors (Lipinski definition) is 7. The van der Waals surface area contributed by atoms with E-state index in [4.69, 9.17) is 21.1 Å². The number of ether oxygens (including phenoxy) is 2. The SMILES string of the molecule is CCCOc1cc(Cl)c(CNCCSc2nnnn2C)cc1OCC. The van der Waals surface area contributed by atoms with Crippen LogP contribution in [0.15, 0.2) is 17.3 Å². The second-order valence-corrected chi connectivity index (χ2v) is 6.75. The molecule has 2 rings (SSSR count). The van der Waals surface area contributed by atoms with Gasteiger partial charge in [0.15, 0.2) is 11.5 Å². The molecule has 1 N–H and O–H groups in total. The lowest BCUT2D eigenvalue weighted by molar-refractivity contribution is 0.276. The van der Waals surface area contributed by atoms with Gasteiger partial charge in [-0.3, -0.25) is 0 Å². The van der Waals surface area contributed by atoms with Crippen LogP contribution in [-0.2, 0) is 13.6 Å². The van der Waals surface area contributed by atoms with E-state index in [9.17, 15) is 0 Å². The van der Waals surface area contributed by atoms with Gasteiger partial charge in [-0.2, -0.15) is 0 Å². The minimum absolute atomic E-state index is 0.583. The number of tetrazole rings is 1. The molecule has 0 aliphatic rings. The summed E-state index contributed by atoms with van der Waals surface area (Å²) < 4.78 is 13.1. The summed E-state index contributed by atoms with van der Waals surface area (Å²) in [5.74, 6) is 2.29. The summed E-state index contributed by atoms with van der Waals surface area (Å²) in [5, 5.41) is 16.2. The topological polar surface area (TPSA) is 74.1 Å². The molecule has 25 heavy (non-hydrogen) atoms. The zero-order valence-electron chi connectivity index (χ0n) is 14.8. The van der Waals surface area contributed by atoms with Gasteiger partial charge in [0.05, 0.1) is 13.2 Å². The van der Waals surface area contributed by atoms with Gasteiger partial charge in [0, 0.05) is 37.0 Å². The van der Waals surface area contributed by atoms with Crippen LogP contribution >= 0.6 is 23.4 Å². The number of hydrogen-bond donors (Lipinski definition) is 1. The highest BCUT2D eigenvalue weighted by Crippen LogP contribution is 2.33. The van der Waals surface area contributed by atoms with Crippen molar-refractivity contribution < 1.29 is 9.47 Å². The van der Waals surface area contributed by atoms with Crippen molar-refractivity contribution >= 4 is 23.4 Å². The quantitative estimate of drug-likeness (QED) is 0.470. The van der Waals surface area contributed by atoms with Crippen LogP contribution < -0.4 is 14.8 Å². The van der Waals surface area contributed by atoms with Crippen LogP contribution in [0.5, 0.6) is 11.5 Å². The van der Waals surface area contributed by atoms with E-state index in [2.05, 4.69) is 27.8 Å². The minimum Gasteiger partial charge on any atom is -0.490 e. The number of aromatic nitrogens is 4. The van der Waals surface area contributed by atoms with Crippen molar-refractivity contribution in [3.8, 4) is 11.5 Å². The molecule has 0 unspecified atom stereocenters. The van der Waals surface area contributed by atoms with Gasteiger partial charge >= 0.3 is 0 Å². The van der Waals surface area contributed by atoms with E-state index in [0.717, 1.165) is 35.2 Å². The van der Waals surface area contributed by atoms with Gasteiger partial charge < -0.3 is 14.8 Å². The fourth-order valence-corrected chi connectivity index (χ4v) is 3.05. The van der Waals surface area contributed by atoms with Crippen LogP contribution in [0.25, 0.3) is 0 Å². The number of nitrogens with one attached hydrogen (secondary N) is 1. The smallest absolute Gasteiger partial charge is 0.209 e. The van der Waals surface area contributed by atoms with Gasteiger partial charge in [0.25, 0.3) is 0 Å². The number of aryl methyl sites for hydroxylation is 1. The van der Waals surface area contributed by atoms with Gasteiger partial charge in [-0.15, -0.1) is 5.10 Å². The molecule has 0 saturated heterocycles. The van der Waals surface area contributed by atoms with Crippen LogP contribution in [0.4, 0.5) is 0 Å². The highest BCUT2D eigenvalue weighted by atomic mass is 35.5. The Kier molecular flexibility index (Phi) is 8.30. The first kappa shape index (κ1) is 19.8. The summed E-state index contributed by atoms with van der Waals surface area (Å²) in [6.45, 7) is 6.71. The highest BCUT2D eigenvalue weighted by molar-refractivity contribution is 7.99. The lowest BCUT2D eigenvalue weighted by Gasteiger charge is -2.15. The molecular formula is C16H24ClN5O2S. The standard InChI is InChI=1S/C16H24ClN5O2S/c1-4-7-24-15-10-13(17)12(9-14(15)23-5-2)11-18-6-8-25-16-19-20-21-22(16)3/h9-10,18H,4-8,11H2,1-3H3. The Morgan fingerprint density at radius 2 is 2.04 bits per heavy atom. The molecule has 1 heterocycles. The molecule has 9 heteroatoms. The first-order valence-corrected chi connectivity index (χ1v) is 9.65. The number of benzene rings is 1. The number of halogens is 1. The molecule has 0 saturated carbocycles. The van der Waals surface area contributed by atoms with Crippen molar-refractivity contribution in [2.75, 3.05) is 25.5 Å². The van der Waals surface area contributed by atoms with E-state index in [1.807, 2.05) is 26.1 Å². The Labute approximate surface area is 157 Å². The molecular weight excluding hydrogens is 362 g/mol. The summed E-state index contributed by atoms with van der Waals surface area (Å²) in [5.41, 5.74) is 0.985. The zero-order valence-corrected chi connectivity index (χ0v) is 16.4. The molecule has 7 nitrogen and oxygen atoms in total. The molecule has 138 valence electrons. The van der Waals surface area contributed by atoms with Crippen LogP contribution in [0, 0.1) is 0 Å². The summed E-state index contributed by atoms with van der Waals surface area (Å²) in [4.78, 5) is 0. The first-order chi connectivity index (χ1) is 12.2. The van der Waals surface area contributed by atoms with Crippen LogP contribution in [0.2, 0.25) is 5.02 Å². The fraction of sp³-hybridized carbons (Fsp3) is 0.562. The molecule has 0 aliphatic heterocycles. The van der Waals surface area contributed by atoms with Crippen LogP contribution in [0.3, 0.4) is 0 Å². The number of rotatable bonds is 11. The van der Waals surface area contributed by atoms with Gasteiger partial charge in [0.1, 0.15) is 0 Å². The van der Waals surface area contributed by atoms with Crippen molar-refractivity contribution in [3.05, 3.63) is 22.7 Å². The van der Waals surface area contributed by atoms with E-state index in [-0.39, 0.29) is 0 Å². The summed E-state index contributed by atoms with van der Waals surface area (Å²) >= 11 is 7.99. The van der Waals surface area contributed by atoms with Crippen molar-refractivity contribution in [1.29, 1.82) is 0 Å². The predicted molar refractivity (Wildman–Crippen MR) is 99.6 cm³/mol. The highest BCUT2D eigenvalue weighted by Gasteiger charge is 2.11. The second kappa shape index (κ2) is 10.5. The monoisotopic (exact) mass is 385 g/mol. The average Bonchev–Trinajstić information content (AvgIpc) is 3.00. The molecule has 0 aliphatic carbocycles. The predicted octanol–water partition coefficient (Wildman–Crippen LogP) is 2.93. The summed E-state index contributed by atoms with van der Waals surface area (Å²) in [7, 11) is 1.83. The second-order valence-electron chi connectivity index (χ2n) is 5.28. The Morgan fingerprint density at radius 3 is 2.72 bits per heavy atom. The Hall–Kier alpha value is -1.51. The molecule has 0 fully saturated rings. The van der Waals surface area contributed by atoms with Crippen molar-refractivity contribution in [1.82, 2.24) is 25.5 Å². The van der Waals surface area contributed by atoms with Gasteiger partial charge in [-0.25, -0.2) is 4.68 Å². The molecule has 0 amide bonds. The van der Waals surface area contributed by atoms with E-state index in [1.165, 1.54) is 0 Å². The maximum Gasteiger partial charge on any atom is 0.209 e. The fourth-order valence-electron chi connectivity index (χ4n) is 2.09. The maximum absolute atomic E-state index is 6.38. The van der Waals surface area contributed by atoms with Crippen molar-refractivity contribution in [3.63, 3.8) is 0 Å². The molecule has 1 aromatic carbocycles. The first-order valence-electron chi connectivity index (χ1n) is 8.29. The average molecular weight is 386 g/mol. The number of thioether (sulfide) groups is 1. The lowest BCUT2D eigenvalue weighted by Crippen LogP contribution is -2.17. The van der Waals surface area contributed by atoms with E-state index < -0.39 is 0 Å². The molecule has 2 aromatic rings. The zero-order chi connectivity index (χ0) is 18.1. The van der Waals surface area contributed by atoms with E-state index >= 15 is 0 Å². The third-order valence-electron chi connectivity index (χ3n) is 3.28. The molecule has 0 bridgehead atoms. The van der Waals surface area contributed by atoms with Gasteiger partial charge in [-0.05, 0) is 35.4 Å². The Morgan fingerprint density at radius 1 is 1.24 bits per heavy atom. The normalized spacial score (nSPS) is 10.9. The van der Waals surface area contributed by atoms with Crippen molar-refractivity contribution in [2.24, 2.45) is 7.05 Å². The lowest BCUT2D eigenvalue weighted by atomic mass is 10.2. The van der Waals surface area contributed by atoms with Gasteiger partial charge in [-0.1, -0.05) is 30.3 Å². The van der Waals surface area contributed by atoms with Crippen molar-refractivity contribution in [2.45, 2.75) is 32.0 Å². The maximum atomic E-state index is 6.38. The molecule has 0 spiro atoms. The van der Waals surface area contributed by atoms with Crippen LogP contribution in [-0.4, -0.2) is 45.7 Å². The summed E-state index contributed by atoms with van der Waals surface area (Å²) in [6, 6.07) is 3.78. The molecule has 0 atom stereocenters. The minimum atomic E-state index is 0.583. The van der Waals surface area contributed by atoms with E-state index in [0.29, 0.717) is 30.5 Å². The van der Waals surface area contributed by atoms with Gasteiger partial charge in [0.2, 0.25) is 5.16 Å². The molecule has 1 aromatic heterocycles. The largest absolute Gasteiger partial charge is 0.490 e. The Bertz CT molecular complexity index is 668. The summed E-state index contributed by atoms with van der Waals surface area (Å²) in [6.07, 6.45) is 0.936. The van der Waals surface area contributed by atoms with E-state index in [1.54, 1.807) is 16.4 Å².